The summed E-state index contributed by atoms with van der Waals surface area (Å²) in [7, 11) is 0. The molecule has 1 aliphatic rings. The van der Waals surface area contributed by atoms with Crippen molar-refractivity contribution in [2.45, 2.75) is 44.5 Å². The number of hydrogen-bond acceptors (Lipinski definition) is 10. The summed E-state index contributed by atoms with van der Waals surface area (Å²) in [5, 5.41) is 0. The Bertz CT molecular complexity index is 1010. The van der Waals surface area contributed by atoms with Crippen molar-refractivity contribution in [3.05, 3.63) is 42.7 Å². The summed E-state index contributed by atoms with van der Waals surface area (Å²) in [6.45, 7) is 3.65. The maximum absolute atomic E-state index is 13.5. The Morgan fingerprint density at radius 3 is 2.09 bits per heavy atom. The van der Waals surface area contributed by atoms with Gasteiger partial charge in [-0.1, -0.05) is 0 Å². The average Bonchev–Trinajstić information content (AvgIpc) is 2.71. The molecule has 2 aromatic rings. The van der Waals surface area contributed by atoms with Crippen molar-refractivity contribution in [2.24, 2.45) is 0 Å². The third-order valence-corrected chi connectivity index (χ3v) is 5.52. The summed E-state index contributed by atoms with van der Waals surface area (Å²) in [5.74, 6) is -1.75. The van der Waals surface area contributed by atoms with Crippen molar-refractivity contribution in [2.75, 3.05) is 5.75 Å². The van der Waals surface area contributed by atoms with E-state index in [9.17, 15) is 18.8 Å². The first kappa shape index (κ1) is 23.5. The van der Waals surface area contributed by atoms with Crippen LogP contribution >= 0.6 is 11.8 Å². The molecule has 0 amide bonds. The second kappa shape index (κ2) is 10.4. The first-order valence-corrected chi connectivity index (χ1v) is 10.6. The topological polar surface area (TPSA) is 114 Å². The molecule has 2 aromatic heterocycles. The molecule has 9 nitrogen and oxygen atoms in total. The fourth-order valence-electron chi connectivity index (χ4n) is 3.15. The maximum Gasteiger partial charge on any atom is 0.303 e. The lowest BCUT2D eigenvalue weighted by Gasteiger charge is -2.39. The van der Waals surface area contributed by atoms with E-state index in [2.05, 4.69) is 9.97 Å². The Balaban J connectivity index is 1.87. The van der Waals surface area contributed by atoms with Crippen LogP contribution in [0.4, 0.5) is 4.39 Å². The molecule has 11 heteroatoms. The monoisotopic (exact) mass is 464 g/mol. The molecular weight excluding hydrogens is 443 g/mol. The Morgan fingerprint density at radius 2 is 1.47 bits per heavy atom. The van der Waals surface area contributed by atoms with Crippen LogP contribution in [-0.2, 0) is 28.6 Å². The van der Waals surface area contributed by atoms with Crippen molar-refractivity contribution in [3.8, 4) is 16.9 Å². The van der Waals surface area contributed by atoms with Gasteiger partial charge in [0.15, 0.2) is 23.7 Å². The highest BCUT2D eigenvalue weighted by Gasteiger charge is 2.47. The second-order valence-corrected chi connectivity index (χ2v) is 8.05. The standard InChI is InChI=1S/C21H21FN2O7S/c1-11(25)28-18-10-32-21(20(30-13(3)27)19(18)29-12(2)26)31-17-5-15(7-24-9-17)14-4-16(22)8-23-6-14/h4-9,18-21H,10H2,1-3H3/t18-,19+,20-,21+/m1/s1. The third kappa shape index (κ3) is 6.16. The van der Waals surface area contributed by atoms with Crippen molar-refractivity contribution < 1.29 is 37.7 Å². The van der Waals surface area contributed by atoms with Gasteiger partial charge in [0.2, 0.25) is 0 Å². The van der Waals surface area contributed by atoms with Crippen LogP contribution in [0.15, 0.2) is 36.9 Å². The Kier molecular flexibility index (Phi) is 7.62. The van der Waals surface area contributed by atoms with Crippen LogP contribution in [0.25, 0.3) is 11.1 Å². The van der Waals surface area contributed by atoms with Crippen molar-refractivity contribution in [1.29, 1.82) is 0 Å². The van der Waals surface area contributed by atoms with Crippen LogP contribution < -0.4 is 4.74 Å². The summed E-state index contributed by atoms with van der Waals surface area (Å²) in [5.41, 5.74) is 0.273. The maximum atomic E-state index is 13.5. The van der Waals surface area contributed by atoms with E-state index < -0.39 is 47.5 Å². The van der Waals surface area contributed by atoms with Crippen LogP contribution in [0, 0.1) is 5.82 Å². The van der Waals surface area contributed by atoms with Gasteiger partial charge in [0.05, 0.1) is 12.4 Å². The van der Waals surface area contributed by atoms with E-state index in [4.69, 9.17) is 18.9 Å². The average molecular weight is 464 g/mol. The highest BCUT2D eigenvalue weighted by molar-refractivity contribution is 7.99. The van der Waals surface area contributed by atoms with Crippen LogP contribution in [0.2, 0.25) is 0 Å². The molecule has 0 radical (unpaired) electrons. The molecule has 1 aliphatic heterocycles. The molecule has 32 heavy (non-hydrogen) atoms. The summed E-state index contributed by atoms with van der Waals surface area (Å²) in [6.07, 6.45) is 2.61. The molecule has 4 atom stereocenters. The predicted molar refractivity (Wildman–Crippen MR) is 111 cm³/mol. The molecule has 170 valence electrons. The van der Waals surface area contributed by atoms with Crippen LogP contribution in [0.1, 0.15) is 20.8 Å². The highest BCUT2D eigenvalue weighted by atomic mass is 32.2. The summed E-state index contributed by atoms with van der Waals surface area (Å²) >= 11 is 1.23. The summed E-state index contributed by atoms with van der Waals surface area (Å²) < 4.78 is 35.5. The van der Waals surface area contributed by atoms with Crippen molar-refractivity contribution in [3.63, 3.8) is 0 Å². The molecule has 0 spiro atoms. The van der Waals surface area contributed by atoms with Crippen LogP contribution in [-0.4, -0.2) is 57.4 Å². The molecule has 1 fully saturated rings. The molecule has 0 unspecified atom stereocenters. The quantitative estimate of drug-likeness (QED) is 0.467. The lowest BCUT2D eigenvalue weighted by molar-refractivity contribution is -0.186. The highest BCUT2D eigenvalue weighted by Crippen LogP contribution is 2.35. The largest absolute Gasteiger partial charge is 0.474 e. The number of thioether (sulfide) groups is 1. The fourth-order valence-corrected chi connectivity index (χ4v) is 4.37. The minimum absolute atomic E-state index is 0.237. The number of rotatable bonds is 6. The van der Waals surface area contributed by atoms with Gasteiger partial charge in [-0.05, 0) is 12.1 Å². The van der Waals surface area contributed by atoms with Gasteiger partial charge >= 0.3 is 17.9 Å². The zero-order chi connectivity index (χ0) is 23.3. The van der Waals surface area contributed by atoms with Crippen molar-refractivity contribution >= 4 is 29.7 Å². The van der Waals surface area contributed by atoms with E-state index in [1.54, 1.807) is 6.07 Å². The smallest absolute Gasteiger partial charge is 0.303 e. The Hall–Kier alpha value is -3.21. The molecular formula is C21H21FN2O7S. The molecule has 1 saturated heterocycles. The fraction of sp³-hybridized carbons (Fsp3) is 0.381. The summed E-state index contributed by atoms with van der Waals surface area (Å²) in [4.78, 5) is 42.9. The van der Waals surface area contributed by atoms with Crippen molar-refractivity contribution in [1.82, 2.24) is 9.97 Å². The van der Waals surface area contributed by atoms with Gasteiger partial charge in [0.25, 0.3) is 0 Å². The summed E-state index contributed by atoms with van der Waals surface area (Å²) in [6, 6.07) is 2.94. The molecule has 0 bridgehead atoms. The predicted octanol–water partition coefficient (Wildman–Crippen LogP) is 2.53. The number of ether oxygens (including phenoxy) is 4. The Labute approximate surface area is 187 Å². The van der Waals surface area contributed by atoms with Gasteiger partial charge < -0.3 is 18.9 Å². The molecule has 3 rings (SSSR count). The van der Waals surface area contributed by atoms with Gasteiger partial charge in [-0.3, -0.25) is 24.4 Å². The number of hydrogen-bond donors (Lipinski definition) is 0. The van der Waals surface area contributed by atoms with E-state index >= 15 is 0 Å². The molecule has 0 aromatic carbocycles. The normalized spacial score (nSPS) is 22.5. The lowest BCUT2D eigenvalue weighted by atomic mass is 10.1. The number of nitrogens with zero attached hydrogens (tertiary/aromatic N) is 2. The third-order valence-electron chi connectivity index (χ3n) is 4.31. The minimum Gasteiger partial charge on any atom is -0.474 e. The Morgan fingerprint density at radius 1 is 0.875 bits per heavy atom. The number of halogens is 1. The number of pyridine rings is 2. The molecule has 0 saturated carbocycles. The van der Waals surface area contributed by atoms with Crippen LogP contribution in [0.3, 0.4) is 0 Å². The number of carbonyl (C=O) groups is 3. The first-order chi connectivity index (χ1) is 15.2. The van der Waals surface area contributed by atoms with Gasteiger partial charge in [-0.25, -0.2) is 4.39 Å². The van der Waals surface area contributed by atoms with E-state index in [1.807, 2.05) is 0 Å². The van der Waals surface area contributed by atoms with Gasteiger partial charge in [0, 0.05) is 50.0 Å². The zero-order valence-electron chi connectivity index (χ0n) is 17.5. The number of esters is 3. The lowest BCUT2D eigenvalue weighted by Crippen LogP contribution is -2.55. The minimum atomic E-state index is -1.06. The van der Waals surface area contributed by atoms with E-state index in [0.29, 0.717) is 16.9 Å². The zero-order valence-corrected chi connectivity index (χ0v) is 18.3. The molecule has 0 aliphatic carbocycles. The van der Waals surface area contributed by atoms with E-state index in [-0.39, 0.29) is 5.75 Å². The van der Waals surface area contributed by atoms with Crippen LogP contribution in [0.5, 0.6) is 5.75 Å². The molecule has 0 N–H and O–H groups in total. The number of carbonyl (C=O) groups excluding carboxylic acids is 3. The molecule has 3 heterocycles. The van der Waals surface area contributed by atoms with E-state index in [0.717, 1.165) is 6.20 Å². The second-order valence-electron chi connectivity index (χ2n) is 6.92. The SMILES string of the molecule is CC(=O)O[C@@H]1[C@@H](OC(C)=O)[C@@H](Oc2cncc(-c3cncc(F)c3)c2)SC[C@H]1OC(C)=O. The van der Waals surface area contributed by atoms with E-state index in [1.165, 1.54) is 57.2 Å². The van der Waals surface area contributed by atoms with Gasteiger partial charge in [-0.15, -0.1) is 11.8 Å². The number of aromatic nitrogens is 2. The van der Waals surface area contributed by atoms with Gasteiger partial charge in [0.1, 0.15) is 11.6 Å². The van der Waals surface area contributed by atoms with Gasteiger partial charge in [-0.2, -0.15) is 0 Å². The first-order valence-electron chi connectivity index (χ1n) is 9.59.